The van der Waals surface area contributed by atoms with Gasteiger partial charge in [0.15, 0.2) is 0 Å². The largest absolute Gasteiger partial charge is 0.354 e. The lowest BCUT2D eigenvalue weighted by Crippen LogP contribution is -2.08. The van der Waals surface area contributed by atoms with Crippen LogP contribution >= 0.6 is 0 Å². The van der Waals surface area contributed by atoms with Gasteiger partial charge in [0.05, 0.1) is 0 Å². The maximum Gasteiger partial charge on any atom is 0.224 e. The average Bonchev–Trinajstić information content (AvgIpc) is 2.57. The minimum atomic E-state index is 0.636. The molecule has 0 unspecified atom stereocenters. The minimum absolute atomic E-state index is 0.636. The summed E-state index contributed by atoms with van der Waals surface area (Å²) in [6.07, 6.45) is 2.70. The summed E-state index contributed by atoms with van der Waals surface area (Å²) in [5.74, 6) is 1.42. The molecule has 0 atom stereocenters. The van der Waals surface area contributed by atoms with Crippen molar-refractivity contribution in [3.05, 3.63) is 78.5 Å². The van der Waals surface area contributed by atoms with Crippen LogP contribution in [-0.4, -0.2) is 16.5 Å². The maximum atomic E-state index is 4.47. The summed E-state index contributed by atoms with van der Waals surface area (Å²) in [7, 11) is 0. The summed E-state index contributed by atoms with van der Waals surface area (Å²) in [5.41, 5.74) is 2.31. The molecule has 0 bridgehead atoms. The van der Waals surface area contributed by atoms with E-state index in [0.717, 1.165) is 24.5 Å². The number of rotatable bonds is 6. The topological polar surface area (TPSA) is 49.8 Å². The standard InChI is InChI=1S/C18H18N4/c1-3-7-15(8-4-1)11-13-19-18-20-14-12-17(22-18)21-16-9-5-2-6-10-16/h1-10,12,14H,11,13H2,(H2,19,20,21,22). The Balaban J connectivity index is 1.57. The van der Waals surface area contributed by atoms with Crippen LogP contribution in [-0.2, 0) is 6.42 Å². The third-order valence-corrected chi connectivity index (χ3v) is 3.24. The number of nitrogens with zero attached hydrogens (tertiary/aromatic N) is 2. The predicted molar refractivity (Wildman–Crippen MR) is 90.4 cm³/mol. The van der Waals surface area contributed by atoms with E-state index in [0.29, 0.717) is 5.95 Å². The Kier molecular flexibility index (Phi) is 4.62. The van der Waals surface area contributed by atoms with Crippen LogP contribution in [0.4, 0.5) is 17.5 Å². The number of nitrogens with one attached hydrogen (secondary N) is 2. The van der Waals surface area contributed by atoms with Crippen LogP contribution in [0.25, 0.3) is 0 Å². The van der Waals surface area contributed by atoms with Gasteiger partial charge in [0.2, 0.25) is 5.95 Å². The zero-order chi connectivity index (χ0) is 15.0. The molecule has 4 nitrogen and oxygen atoms in total. The Morgan fingerprint density at radius 3 is 2.32 bits per heavy atom. The molecule has 1 aromatic heterocycles. The number of aromatic nitrogens is 2. The number of benzene rings is 2. The molecule has 22 heavy (non-hydrogen) atoms. The molecule has 2 N–H and O–H groups in total. The number of para-hydroxylation sites is 1. The van der Waals surface area contributed by atoms with Crippen molar-refractivity contribution < 1.29 is 0 Å². The Hall–Kier alpha value is -2.88. The Bertz CT molecular complexity index is 699. The molecule has 0 saturated carbocycles. The van der Waals surface area contributed by atoms with Crippen LogP contribution in [0.1, 0.15) is 5.56 Å². The second kappa shape index (κ2) is 7.22. The molecule has 110 valence electrons. The highest BCUT2D eigenvalue weighted by molar-refractivity contribution is 5.56. The fourth-order valence-electron chi connectivity index (χ4n) is 2.15. The van der Waals surface area contributed by atoms with Gasteiger partial charge in [-0.15, -0.1) is 0 Å². The smallest absolute Gasteiger partial charge is 0.224 e. The molecular formula is C18H18N4. The van der Waals surface area contributed by atoms with Crippen LogP contribution in [0.2, 0.25) is 0 Å². The number of hydrogen-bond donors (Lipinski definition) is 2. The monoisotopic (exact) mass is 290 g/mol. The second-order valence-corrected chi connectivity index (χ2v) is 4.92. The predicted octanol–water partition coefficient (Wildman–Crippen LogP) is 3.87. The van der Waals surface area contributed by atoms with Crippen molar-refractivity contribution in [3.8, 4) is 0 Å². The lowest BCUT2D eigenvalue weighted by molar-refractivity contribution is 0.985. The van der Waals surface area contributed by atoms with Crippen molar-refractivity contribution in [1.82, 2.24) is 9.97 Å². The summed E-state index contributed by atoms with van der Waals surface area (Å²) in [6.45, 7) is 0.804. The van der Waals surface area contributed by atoms with Crippen LogP contribution in [0, 0.1) is 0 Å². The maximum absolute atomic E-state index is 4.47. The third kappa shape index (κ3) is 4.06. The fourth-order valence-corrected chi connectivity index (χ4v) is 2.15. The van der Waals surface area contributed by atoms with E-state index in [2.05, 4.69) is 44.9 Å². The van der Waals surface area contributed by atoms with Gasteiger partial charge in [-0.25, -0.2) is 4.98 Å². The molecule has 0 aliphatic heterocycles. The zero-order valence-corrected chi connectivity index (χ0v) is 12.2. The van der Waals surface area contributed by atoms with Crippen LogP contribution < -0.4 is 10.6 Å². The lowest BCUT2D eigenvalue weighted by atomic mass is 10.1. The molecule has 0 saturated heterocycles. The van der Waals surface area contributed by atoms with Gasteiger partial charge in [-0.2, -0.15) is 4.98 Å². The molecule has 0 radical (unpaired) electrons. The van der Waals surface area contributed by atoms with Crippen LogP contribution in [0.3, 0.4) is 0 Å². The highest BCUT2D eigenvalue weighted by Crippen LogP contribution is 2.14. The van der Waals surface area contributed by atoms with Crippen LogP contribution in [0.5, 0.6) is 0 Å². The van der Waals surface area contributed by atoms with E-state index in [4.69, 9.17) is 0 Å². The van der Waals surface area contributed by atoms with Crippen molar-refractivity contribution in [3.63, 3.8) is 0 Å². The molecule has 0 amide bonds. The highest BCUT2D eigenvalue weighted by Gasteiger charge is 2.00. The van der Waals surface area contributed by atoms with E-state index < -0.39 is 0 Å². The first kappa shape index (κ1) is 14.1. The lowest BCUT2D eigenvalue weighted by Gasteiger charge is -2.08. The van der Waals surface area contributed by atoms with E-state index in [1.165, 1.54) is 5.56 Å². The zero-order valence-electron chi connectivity index (χ0n) is 12.2. The van der Waals surface area contributed by atoms with E-state index in [1.807, 2.05) is 42.5 Å². The molecule has 4 heteroatoms. The first-order valence-corrected chi connectivity index (χ1v) is 7.33. The Labute approximate surface area is 130 Å². The van der Waals surface area contributed by atoms with E-state index in [1.54, 1.807) is 6.20 Å². The summed E-state index contributed by atoms with van der Waals surface area (Å²) in [4.78, 5) is 8.72. The minimum Gasteiger partial charge on any atom is -0.354 e. The molecule has 0 fully saturated rings. The van der Waals surface area contributed by atoms with Crippen LogP contribution in [0.15, 0.2) is 72.9 Å². The van der Waals surface area contributed by atoms with Crippen molar-refractivity contribution in [1.29, 1.82) is 0 Å². The molecule has 0 aliphatic rings. The summed E-state index contributed by atoms with van der Waals surface area (Å²) >= 11 is 0. The Morgan fingerprint density at radius 1 is 0.818 bits per heavy atom. The summed E-state index contributed by atoms with van der Waals surface area (Å²) in [5, 5.41) is 6.52. The van der Waals surface area contributed by atoms with Gasteiger partial charge in [-0.05, 0) is 30.2 Å². The molecule has 0 spiro atoms. The highest BCUT2D eigenvalue weighted by atomic mass is 15.1. The molecule has 3 rings (SSSR count). The molecule has 2 aromatic carbocycles. The third-order valence-electron chi connectivity index (χ3n) is 3.24. The molecule has 0 aliphatic carbocycles. The second-order valence-electron chi connectivity index (χ2n) is 4.92. The van der Waals surface area contributed by atoms with Crippen molar-refractivity contribution in [2.75, 3.05) is 17.2 Å². The summed E-state index contributed by atoms with van der Waals surface area (Å²) < 4.78 is 0. The van der Waals surface area contributed by atoms with Gasteiger partial charge in [-0.1, -0.05) is 48.5 Å². The van der Waals surface area contributed by atoms with Gasteiger partial charge < -0.3 is 10.6 Å². The van der Waals surface area contributed by atoms with Gasteiger partial charge in [-0.3, -0.25) is 0 Å². The van der Waals surface area contributed by atoms with Gasteiger partial charge >= 0.3 is 0 Å². The van der Waals surface area contributed by atoms with E-state index in [-0.39, 0.29) is 0 Å². The van der Waals surface area contributed by atoms with Crippen molar-refractivity contribution in [2.45, 2.75) is 6.42 Å². The van der Waals surface area contributed by atoms with Gasteiger partial charge in [0.25, 0.3) is 0 Å². The first-order chi connectivity index (χ1) is 10.9. The molecular weight excluding hydrogens is 272 g/mol. The molecule has 1 heterocycles. The first-order valence-electron chi connectivity index (χ1n) is 7.33. The Morgan fingerprint density at radius 2 is 1.55 bits per heavy atom. The number of hydrogen-bond acceptors (Lipinski definition) is 4. The van der Waals surface area contributed by atoms with E-state index in [9.17, 15) is 0 Å². The normalized spacial score (nSPS) is 10.2. The summed E-state index contributed by atoms with van der Waals surface area (Å²) in [6, 6.07) is 22.2. The fraction of sp³-hybridized carbons (Fsp3) is 0.111. The van der Waals surface area contributed by atoms with Gasteiger partial charge in [0.1, 0.15) is 5.82 Å². The number of anilines is 3. The average molecular weight is 290 g/mol. The quantitative estimate of drug-likeness (QED) is 0.723. The van der Waals surface area contributed by atoms with E-state index >= 15 is 0 Å². The SMILES string of the molecule is c1ccc(CCNc2nccc(Nc3ccccc3)n2)cc1. The van der Waals surface area contributed by atoms with Gasteiger partial charge in [0, 0.05) is 18.4 Å². The van der Waals surface area contributed by atoms with Crippen molar-refractivity contribution >= 4 is 17.5 Å². The van der Waals surface area contributed by atoms with Crippen molar-refractivity contribution in [2.24, 2.45) is 0 Å². The molecule has 3 aromatic rings.